The van der Waals surface area contributed by atoms with Gasteiger partial charge in [0.2, 0.25) is 5.95 Å². The van der Waals surface area contributed by atoms with Crippen molar-refractivity contribution in [3.05, 3.63) is 82.9 Å². The molecule has 0 spiro atoms. The molecular weight excluding hydrogens is 369 g/mol. The molecule has 0 fully saturated rings. The normalized spacial score (nSPS) is 13.2. The number of anilines is 2. The van der Waals surface area contributed by atoms with E-state index >= 15 is 0 Å². The highest BCUT2D eigenvalue weighted by molar-refractivity contribution is 5.93. The lowest BCUT2D eigenvalue weighted by molar-refractivity contribution is 0.0734. The maximum atomic E-state index is 13.7. The molecule has 1 amide bonds. The van der Waals surface area contributed by atoms with Gasteiger partial charge >= 0.3 is 0 Å². The Hall–Kier alpha value is -3.42. The minimum Gasteiger partial charge on any atom is -0.334 e. The van der Waals surface area contributed by atoms with Gasteiger partial charge in [0.15, 0.2) is 17.5 Å². The summed E-state index contributed by atoms with van der Waals surface area (Å²) >= 11 is 0. The molecule has 0 bridgehead atoms. The van der Waals surface area contributed by atoms with Crippen molar-refractivity contribution in [1.82, 2.24) is 14.9 Å². The van der Waals surface area contributed by atoms with Gasteiger partial charge in [-0.1, -0.05) is 24.3 Å². The molecule has 5 nitrogen and oxygen atoms in total. The Morgan fingerprint density at radius 2 is 1.68 bits per heavy atom. The van der Waals surface area contributed by atoms with E-state index in [1.54, 1.807) is 4.90 Å². The summed E-state index contributed by atoms with van der Waals surface area (Å²) in [4.78, 5) is 22.4. The van der Waals surface area contributed by atoms with E-state index in [9.17, 15) is 18.0 Å². The van der Waals surface area contributed by atoms with Gasteiger partial charge in [-0.25, -0.2) is 23.1 Å². The standard InChI is InChI=1S/C20H15F3N4O/c21-15-5-6-16(18(23)17(15)22)26-20-24-9-14(10-25-20)19(28)27-8-7-12-3-1-2-4-13(12)11-27/h1-6,9-10H,7-8,11H2,(H,24,25,26). The van der Waals surface area contributed by atoms with Crippen molar-refractivity contribution in [2.45, 2.75) is 13.0 Å². The van der Waals surface area contributed by atoms with Gasteiger partial charge in [-0.3, -0.25) is 4.79 Å². The molecule has 1 aliphatic heterocycles. The molecule has 142 valence electrons. The lowest BCUT2D eigenvalue weighted by Gasteiger charge is -2.28. The lowest BCUT2D eigenvalue weighted by Crippen LogP contribution is -2.36. The number of hydrogen-bond donors (Lipinski definition) is 1. The van der Waals surface area contributed by atoms with E-state index in [1.807, 2.05) is 18.2 Å². The minimum absolute atomic E-state index is 0.0366. The topological polar surface area (TPSA) is 58.1 Å². The predicted molar refractivity (Wildman–Crippen MR) is 96.5 cm³/mol. The van der Waals surface area contributed by atoms with Crippen LogP contribution in [0.3, 0.4) is 0 Å². The number of benzene rings is 2. The van der Waals surface area contributed by atoms with Crippen LogP contribution in [0.5, 0.6) is 0 Å². The Morgan fingerprint density at radius 3 is 2.43 bits per heavy atom. The van der Waals surface area contributed by atoms with Crippen molar-refractivity contribution in [3.8, 4) is 0 Å². The molecule has 0 atom stereocenters. The summed E-state index contributed by atoms with van der Waals surface area (Å²) in [7, 11) is 0. The number of carbonyl (C=O) groups is 1. The molecule has 4 rings (SSSR count). The molecule has 0 saturated carbocycles. The first-order chi connectivity index (χ1) is 13.5. The van der Waals surface area contributed by atoms with Crippen LogP contribution >= 0.6 is 0 Å². The molecule has 1 N–H and O–H groups in total. The van der Waals surface area contributed by atoms with E-state index < -0.39 is 17.5 Å². The molecule has 0 unspecified atom stereocenters. The van der Waals surface area contributed by atoms with E-state index in [-0.39, 0.29) is 23.1 Å². The van der Waals surface area contributed by atoms with Gasteiger partial charge in [0.05, 0.1) is 11.3 Å². The van der Waals surface area contributed by atoms with Gasteiger partial charge in [0.25, 0.3) is 5.91 Å². The van der Waals surface area contributed by atoms with Crippen LogP contribution in [0.2, 0.25) is 0 Å². The van der Waals surface area contributed by atoms with Gasteiger partial charge in [0.1, 0.15) is 0 Å². The molecule has 1 aliphatic rings. The summed E-state index contributed by atoms with van der Waals surface area (Å²) in [6, 6.07) is 9.81. The van der Waals surface area contributed by atoms with Gasteiger partial charge in [-0.2, -0.15) is 0 Å². The van der Waals surface area contributed by atoms with E-state index in [1.165, 1.54) is 18.0 Å². The first kappa shape index (κ1) is 18.0. The van der Waals surface area contributed by atoms with Crippen LogP contribution in [0.25, 0.3) is 0 Å². The minimum atomic E-state index is -1.58. The average Bonchev–Trinajstić information content (AvgIpc) is 2.74. The average molecular weight is 384 g/mol. The van der Waals surface area contributed by atoms with Crippen LogP contribution in [0, 0.1) is 17.5 Å². The van der Waals surface area contributed by atoms with Crippen molar-refractivity contribution in [3.63, 3.8) is 0 Å². The maximum Gasteiger partial charge on any atom is 0.257 e. The highest BCUT2D eigenvalue weighted by Gasteiger charge is 2.22. The number of nitrogens with one attached hydrogen (secondary N) is 1. The number of carbonyl (C=O) groups excluding carboxylic acids is 1. The maximum absolute atomic E-state index is 13.7. The first-order valence-electron chi connectivity index (χ1n) is 8.61. The summed E-state index contributed by atoms with van der Waals surface area (Å²) in [6.07, 6.45) is 3.41. The number of halogens is 3. The summed E-state index contributed by atoms with van der Waals surface area (Å²) in [6.45, 7) is 1.10. The second-order valence-corrected chi connectivity index (χ2v) is 6.39. The number of rotatable bonds is 3. The van der Waals surface area contributed by atoms with Gasteiger partial charge in [-0.05, 0) is 29.7 Å². The molecule has 0 radical (unpaired) electrons. The number of fused-ring (bicyclic) bond motifs is 1. The van der Waals surface area contributed by atoms with Crippen LogP contribution in [0.1, 0.15) is 21.5 Å². The molecule has 0 aliphatic carbocycles. The molecule has 8 heteroatoms. The van der Waals surface area contributed by atoms with E-state index in [0.29, 0.717) is 13.1 Å². The number of aromatic nitrogens is 2. The van der Waals surface area contributed by atoms with Crippen LogP contribution < -0.4 is 5.32 Å². The van der Waals surface area contributed by atoms with Crippen molar-refractivity contribution < 1.29 is 18.0 Å². The Bertz CT molecular complexity index is 1040. The Kier molecular flexibility index (Phi) is 4.68. The van der Waals surface area contributed by atoms with Crippen molar-refractivity contribution in [2.75, 3.05) is 11.9 Å². The van der Waals surface area contributed by atoms with Gasteiger partial charge < -0.3 is 10.2 Å². The zero-order valence-corrected chi connectivity index (χ0v) is 14.6. The summed E-state index contributed by atoms with van der Waals surface area (Å²) < 4.78 is 40.0. The lowest BCUT2D eigenvalue weighted by atomic mass is 9.99. The number of hydrogen-bond acceptors (Lipinski definition) is 4. The summed E-state index contributed by atoms with van der Waals surface area (Å²) in [5, 5.41) is 2.47. The van der Waals surface area contributed by atoms with Crippen molar-refractivity contribution >= 4 is 17.5 Å². The van der Waals surface area contributed by atoms with E-state index in [2.05, 4.69) is 21.4 Å². The fourth-order valence-electron chi connectivity index (χ4n) is 3.10. The highest BCUT2D eigenvalue weighted by atomic mass is 19.2. The SMILES string of the molecule is O=C(c1cnc(Nc2ccc(F)c(F)c2F)nc1)N1CCc2ccccc2C1. The highest BCUT2D eigenvalue weighted by Crippen LogP contribution is 2.23. The zero-order valence-electron chi connectivity index (χ0n) is 14.6. The number of nitrogens with zero attached hydrogens (tertiary/aromatic N) is 3. The fraction of sp³-hybridized carbons (Fsp3) is 0.150. The molecule has 2 heterocycles. The van der Waals surface area contributed by atoms with Crippen LogP contribution in [0.15, 0.2) is 48.8 Å². The van der Waals surface area contributed by atoms with Gasteiger partial charge in [-0.15, -0.1) is 0 Å². The molecule has 0 saturated heterocycles. The van der Waals surface area contributed by atoms with Crippen molar-refractivity contribution in [1.29, 1.82) is 0 Å². The van der Waals surface area contributed by atoms with Crippen LogP contribution in [-0.2, 0) is 13.0 Å². The molecule has 28 heavy (non-hydrogen) atoms. The first-order valence-corrected chi connectivity index (χ1v) is 8.61. The largest absolute Gasteiger partial charge is 0.334 e. The van der Waals surface area contributed by atoms with Crippen LogP contribution in [-0.4, -0.2) is 27.3 Å². The predicted octanol–water partition coefficient (Wildman–Crippen LogP) is 3.84. The monoisotopic (exact) mass is 384 g/mol. The Balaban J connectivity index is 1.48. The van der Waals surface area contributed by atoms with E-state index in [4.69, 9.17) is 0 Å². The quantitative estimate of drug-likeness (QED) is 0.698. The molecular formula is C20H15F3N4O. The molecule has 3 aromatic rings. The third-order valence-electron chi connectivity index (χ3n) is 4.60. The Morgan fingerprint density at radius 1 is 0.964 bits per heavy atom. The molecule has 2 aromatic carbocycles. The van der Waals surface area contributed by atoms with Crippen LogP contribution in [0.4, 0.5) is 24.8 Å². The summed E-state index contributed by atoms with van der Waals surface area (Å²) in [5.41, 5.74) is 2.33. The molecule has 1 aromatic heterocycles. The third-order valence-corrected chi connectivity index (χ3v) is 4.60. The van der Waals surface area contributed by atoms with Crippen molar-refractivity contribution in [2.24, 2.45) is 0 Å². The third kappa shape index (κ3) is 3.40. The second kappa shape index (κ2) is 7.30. The fourth-order valence-corrected chi connectivity index (χ4v) is 3.10. The summed E-state index contributed by atoms with van der Waals surface area (Å²) in [5.74, 6) is -4.48. The smallest absolute Gasteiger partial charge is 0.257 e. The van der Waals surface area contributed by atoms with E-state index in [0.717, 1.165) is 24.1 Å². The zero-order chi connectivity index (χ0) is 19.7. The van der Waals surface area contributed by atoms with Gasteiger partial charge in [0, 0.05) is 25.5 Å². The Labute approximate surface area is 158 Å². The second-order valence-electron chi connectivity index (χ2n) is 6.39. The number of amides is 1.